The topological polar surface area (TPSA) is 72.4 Å². The highest BCUT2D eigenvalue weighted by Crippen LogP contribution is 2.18. The van der Waals surface area contributed by atoms with Crippen LogP contribution in [0.25, 0.3) is 0 Å². The van der Waals surface area contributed by atoms with Gasteiger partial charge in [-0.2, -0.15) is 0 Å². The number of carbonyl (C=O) groups is 1. The van der Waals surface area contributed by atoms with Gasteiger partial charge in [-0.05, 0) is 32.9 Å². The van der Waals surface area contributed by atoms with Crippen LogP contribution in [0.5, 0.6) is 0 Å². The highest BCUT2D eigenvalue weighted by Gasteiger charge is 2.26. The predicted molar refractivity (Wildman–Crippen MR) is 59.7 cm³/mol. The van der Waals surface area contributed by atoms with Crippen LogP contribution in [-0.4, -0.2) is 34.9 Å². The summed E-state index contributed by atoms with van der Waals surface area (Å²) in [6.45, 7) is 3.54. The molecule has 0 aromatic rings. The van der Waals surface area contributed by atoms with Gasteiger partial charge in [-0.1, -0.05) is 12.2 Å². The Hall–Kier alpha value is -0.680. The van der Waals surface area contributed by atoms with Crippen molar-refractivity contribution < 1.29 is 4.79 Å². The number of primary amides is 1. The standard InChI is InChI=1S/C9H17N3OS/c1-6(8(10)13)12-4-2-7(3-5-12)9(11)14/h6-7H,2-5H2,1H3,(H2,10,13)(H2,11,14). The molecular weight excluding hydrogens is 198 g/mol. The number of rotatable bonds is 3. The van der Waals surface area contributed by atoms with Gasteiger partial charge < -0.3 is 11.5 Å². The summed E-state index contributed by atoms with van der Waals surface area (Å²) in [6, 6.07) is -0.178. The van der Waals surface area contributed by atoms with E-state index in [9.17, 15) is 4.79 Å². The Morgan fingerprint density at radius 1 is 1.43 bits per heavy atom. The van der Waals surface area contributed by atoms with Crippen molar-refractivity contribution in [3.8, 4) is 0 Å². The molecule has 1 aliphatic rings. The number of thiocarbonyl (C=S) groups is 1. The summed E-state index contributed by atoms with van der Waals surface area (Å²) < 4.78 is 0. The van der Waals surface area contributed by atoms with E-state index in [0.717, 1.165) is 25.9 Å². The maximum absolute atomic E-state index is 10.9. The van der Waals surface area contributed by atoms with E-state index in [-0.39, 0.29) is 11.9 Å². The lowest BCUT2D eigenvalue weighted by Crippen LogP contribution is -2.47. The van der Waals surface area contributed by atoms with E-state index in [2.05, 4.69) is 4.90 Å². The molecule has 1 rings (SSSR count). The lowest BCUT2D eigenvalue weighted by molar-refractivity contribution is -0.123. The van der Waals surface area contributed by atoms with Gasteiger partial charge in [-0.25, -0.2) is 0 Å². The van der Waals surface area contributed by atoms with Gasteiger partial charge in [0.1, 0.15) is 0 Å². The second-order valence-corrected chi connectivity index (χ2v) is 4.26. The number of piperidine rings is 1. The molecule has 1 heterocycles. The van der Waals surface area contributed by atoms with Crippen LogP contribution in [0.4, 0.5) is 0 Å². The molecule has 1 saturated heterocycles. The molecule has 0 bridgehead atoms. The summed E-state index contributed by atoms with van der Waals surface area (Å²) >= 11 is 4.94. The molecule has 14 heavy (non-hydrogen) atoms. The molecule has 1 fully saturated rings. The number of nitrogens with two attached hydrogens (primary N) is 2. The van der Waals surface area contributed by atoms with E-state index in [1.807, 2.05) is 6.92 Å². The monoisotopic (exact) mass is 215 g/mol. The van der Waals surface area contributed by atoms with E-state index in [1.165, 1.54) is 0 Å². The quantitative estimate of drug-likeness (QED) is 0.643. The molecule has 4 nitrogen and oxygen atoms in total. The van der Waals surface area contributed by atoms with Gasteiger partial charge in [0.15, 0.2) is 0 Å². The van der Waals surface area contributed by atoms with Gasteiger partial charge in [0.05, 0.1) is 11.0 Å². The Balaban J connectivity index is 2.43. The first-order valence-electron chi connectivity index (χ1n) is 4.85. The Kier molecular flexibility index (Phi) is 3.83. The smallest absolute Gasteiger partial charge is 0.234 e. The first kappa shape index (κ1) is 11.4. The molecule has 1 amide bonds. The highest BCUT2D eigenvalue weighted by molar-refractivity contribution is 7.80. The number of hydrogen-bond acceptors (Lipinski definition) is 3. The summed E-state index contributed by atoms with van der Waals surface area (Å²) in [4.78, 5) is 13.6. The molecule has 0 spiro atoms. The molecule has 1 unspecified atom stereocenters. The van der Waals surface area contributed by atoms with Crippen molar-refractivity contribution in [1.82, 2.24) is 4.90 Å². The maximum Gasteiger partial charge on any atom is 0.234 e. The number of likely N-dealkylation sites (tertiary alicyclic amines) is 1. The van der Waals surface area contributed by atoms with E-state index >= 15 is 0 Å². The minimum Gasteiger partial charge on any atom is -0.393 e. The third kappa shape index (κ3) is 2.65. The SMILES string of the molecule is CC(C(N)=O)N1CCC(C(N)=S)CC1. The van der Waals surface area contributed by atoms with Crippen LogP contribution in [0.1, 0.15) is 19.8 Å². The summed E-state index contributed by atoms with van der Waals surface area (Å²) in [5.41, 5.74) is 10.8. The van der Waals surface area contributed by atoms with Crippen LogP contribution in [0, 0.1) is 5.92 Å². The normalized spacial score (nSPS) is 21.8. The summed E-state index contributed by atoms with van der Waals surface area (Å²) in [7, 11) is 0. The molecule has 5 heteroatoms. The van der Waals surface area contributed by atoms with Crippen LogP contribution in [0.3, 0.4) is 0 Å². The summed E-state index contributed by atoms with van der Waals surface area (Å²) in [5.74, 6) is 0.0695. The molecule has 0 aromatic carbocycles. The second kappa shape index (κ2) is 4.70. The largest absolute Gasteiger partial charge is 0.393 e. The van der Waals surface area contributed by atoms with Crippen molar-refractivity contribution in [2.45, 2.75) is 25.8 Å². The fourth-order valence-corrected chi connectivity index (χ4v) is 1.99. The average molecular weight is 215 g/mol. The van der Waals surface area contributed by atoms with Gasteiger partial charge in [0, 0.05) is 5.92 Å². The number of amides is 1. The minimum atomic E-state index is -0.265. The zero-order valence-electron chi connectivity index (χ0n) is 8.40. The maximum atomic E-state index is 10.9. The minimum absolute atomic E-state index is 0.178. The van der Waals surface area contributed by atoms with Crippen LogP contribution in [0.15, 0.2) is 0 Å². The number of hydrogen-bond donors (Lipinski definition) is 2. The Labute approximate surface area is 89.6 Å². The van der Waals surface area contributed by atoms with Crippen molar-refractivity contribution in [1.29, 1.82) is 0 Å². The first-order chi connectivity index (χ1) is 6.52. The predicted octanol–water partition coefficient (Wildman–Crippen LogP) is -0.142. The van der Waals surface area contributed by atoms with Crippen molar-refractivity contribution in [2.24, 2.45) is 17.4 Å². The fraction of sp³-hybridized carbons (Fsp3) is 0.778. The fourth-order valence-electron chi connectivity index (χ4n) is 1.75. The van der Waals surface area contributed by atoms with E-state index in [1.54, 1.807) is 0 Å². The molecule has 1 aliphatic heterocycles. The van der Waals surface area contributed by atoms with Gasteiger partial charge in [0.25, 0.3) is 0 Å². The van der Waals surface area contributed by atoms with E-state index in [0.29, 0.717) is 10.9 Å². The van der Waals surface area contributed by atoms with Crippen molar-refractivity contribution in [3.05, 3.63) is 0 Å². The zero-order chi connectivity index (χ0) is 10.7. The zero-order valence-corrected chi connectivity index (χ0v) is 9.22. The van der Waals surface area contributed by atoms with Crippen LogP contribution < -0.4 is 11.5 Å². The van der Waals surface area contributed by atoms with Crippen LogP contribution in [0.2, 0.25) is 0 Å². The molecule has 1 atom stereocenters. The molecule has 80 valence electrons. The molecule has 4 N–H and O–H groups in total. The molecule has 0 aromatic heterocycles. The van der Waals surface area contributed by atoms with Gasteiger partial charge >= 0.3 is 0 Å². The van der Waals surface area contributed by atoms with Crippen molar-refractivity contribution in [2.75, 3.05) is 13.1 Å². The third-order valence-electron chi connectivity index (χ3n) is 2.89. The van der Waals surface area contributed by atoms with Crippen LogP contribution >= 0.6 is 12.2 Å². The number of carbonyl (C=O) groups excluding carboxylic acids is 1. The molecule has 0 aliphatic carbocycles. The summed E-state index contributed by atoms with van der Waals surface area (Å²) in [6.07, 6.45) is 1.87. The van der Waals surface area contributed by atoms with Gasteiger partial charge in [-0.15, -0.1) is 0 Å². The Morgan fingerprint density at radius 3 is 2.29 bits per heavy atom. The lowest BCUT2D eigenvalue weighted by atomic mass is 9.96. The first-order valence-corrected chi connectivity index (χ1v) is 5.26. The average Bonchev–Trinajstić information content (AvgIpc) is 2.16. The van der Waals surface area contributed by atoms with E-state index in [4.69, 9.17) is 23.7 Å². The Bertz CT molecular complexity index is 236. The third-order valence-corrected chi connectivity index (χ3v) is 3.22. The molecular formula is C9H17N3OS. The van der Waals surface area contributed by atoms with Gasteiger partial charge in [-0.3, -0.25) is 9.69 Å². The van der Waals surface area contributed by atoms with Crippen molar-refractivity contribution >= 4 is 23.1 Å². The number of nitrogens with zero attached hydrogens (tertiary/aromatic N) is 1. The Morgan fingerprint density at radius 2 is 1.93 bits per heavy atom. The van der Waals surface area contributed by atoms with E-state index < -0.39 is 0 Å². The molecule has 0 saturated carbocycles. The highest BCUT2D eigenvalue weighted by atomic mass is 32.1. The van der Waals surface area contributed by atoms with Crippen LogP contribution in [-0.2, 0) is 4.79 Å². The second-order valence-electron chi connectivity index (χ2n) is 3.79. The lowest BCUT2D eigenvalue weighted by Gasteiger charge is -2.34. The van der Waals surface area contributed by atoms with Gasteiger partial charge in [0.2, 0.25) is 5.91 Å². The van der Waals surface area contributed by atoms with Crippen molar-refractivity contribution in [3.63, 3.8) is 0 Å². The summed E-state index contributed by atoms with van der Waals surface area (Å²) in [5, 5.41) is 0. The molecule has 0 radical (unpaired) electrons.